The Balaban J connectivity index is 2.37. The van der Waals surface area contributed by atoms with Gasteiger partial charge in [-0.05, 0) is 36.6 Å². The molecule has 0 aliphatic carbocycles. The second kappa shape index (κ2) is 6.41. The highest BCUT2D eigenvalue weighted by Crippen LogP contribution is 2.26. The minimum absolute atomic E-state index is 0.141. The van der Waals surface area contributed by atoms with Gasteiger partial charge in [0.15, 0.2) is 0 Å². The monoisotopic (exact) mass is 292 g/mol. The molecule has 0 saturated carbocycles. The van der Waals surface area contributed by atoms with Crippen molar-refractivity contribution in [2.45, 2.75) is 25.7 Å². The Morgan fingerprint density at radius 1 is 1.35 bits per heavy atom. The first kappa shape index (κ1) is 14.4. The van der Waals surface area contributed by atoms with Gasteiger partial charge in [0.1, 0.15) is 0 Å². The van der Waals surface area contributed by atoms with Gasteiger partial charge in [-0.2, -0.15) is 0 Å². The van der Waals surface area contributed by atoms with Crippen molar-refractivity contribution in [3.8, 4) is 0 Å². The number of amides is 2. The summed E-state index contributed by atoms with van der Waals surface area (Å²) in [4.78, 5) is 28.3. The molecule has 0 unspecified atom stereocenters. The molecule has 0 atom stereocenters. The van der Waals surface area contributed by atoms with Crippen LogP contribution in [-0.4, -0.2) is 23.3 Å². The molecule has 6 nitrogen and oxygen atoms in total. The van der Waals surface area contributed by atoms with Crippen molar-refractivity contribution in [1.29, 1.82) is 0 Å². The van der Waals surface area contributed by atoms with E-state index in [1.807, 2.05) is 0 Å². The topological polar surface area (TPSA) is 86.1 Å². The first-order valence-electron chi connectivity index (χ1n) is 6.33. The van der Waals surface area contributed by atoms with Crippen LogP contribution in [0.15, 0.2) is 23.3 Å². The molecule has 1 saturated heterocycles. The second-order valence-electron chi connectivity index (χ2n) is 4.51. The van der Waals surface area contributed by atoms with Gasteiger partial charge in [0, 0.05) is 28.5 Å². The zero-order valence-corrected chi connectivity index (χ0v) is 11.5. The number of imide groups is 1. The molecule has 1 aromatic carbocycles. The van der Waals surface area contributed by atoms with E-state index in [1.54, 1.807) is 0 Å². The summed E-state index contributed by atoms with van der Waals surface area (Å²) in [6, 6.07) is 4.43. The van der Waals surface area contributed by atoms with Gasteiger partial charge in [-0.25, -0.2) is 0 Å². The van der Waals surface area contributed by atoms with Crippen molar-refractivity contribution in [2.24, 2.45) is 5.11 Å². The fourth-order valence-electron chi connectivity index (χ4n) is 2.16. The average Bonchev–Trinajstić information content (AvgIpc) is 2.63. The molecule has 1 aliphatic heterocycles. The quantitative estimate of drug-likeness (QED) is 0.359. The third-order valence-corrected chi connectivity index (χ3v) is 3.40. The summed E-state index contributed by atoms with van der Waals surface area (Å²) < 4.78 is 0. The number of hydrogen-bond acceptors (Lipinski definition) is 3. The Morgan fingerprint density at radius 2 is 2.15 bits per heavy atom. The Bertz CT molecular complexity index is 596. The van der Waals surface area contributed by atoms with Crippen molar-refractivity contribution in [3.63, 3.8) is 0 Å². The van der Waals surface area contributed by atoms with E-state index >= 15 is 0 Å². The van der Waals surface area contributed by atoms with Crippen LogP contribution < -0.4 is 0 Å². The zero-order valence-electron chi connectivity index (χ0n) is 10.8. The van der Waals surface area contributed by atoms with Gasteiger partial charge in [-0.1, -0.05) is 23.1 Å². The highest BCUT2D eigenvalue weighted by Gasteiger charge is 2.25. The van der Waals surface area contributed by atoms with Gasteiger partial charge in [-0.15, -0.1) is 0 Å². The van der Waals surface area contributed by atoms with Crippen LogP contribution in [0.2, 0.25) is 5.02 Å². The molecule has 1 heterocycles. The van der Waals surface area contributed by atoms with E-state index in [9.17, 15) is 9.59 Å². The molecule has 20 heavy (non-hydrogen) atoms. The molecule has 104 valence electrons. The lowest BCUT2D eigenvalue weighted by Crippen LogP contribution is -2.36. The number of rotatable bonds is 2. The van der Waals surface area contributed by atoms with Crippen molar-refractivity contribution < 1.29 is 9.59 Å². The van der Waals surface area contributed by atoms with Gasteiger partial charge in [0.25, 0.3) is 5.91 Å². The van der Waals surface area contributed by atoms with E-state index in [1.165, 1.54) is 23.1 Å². The predicted molar refractivity (Wildman–Crippen MR) is 74.8 cm³/mol. The van der Waals surface area contributed by atoms with Gasteiger partial charge in [0.2, 0.25) is 5.91 Å². The first-order chi connectivity index (χ1) is 9.63. The summed E-state index contributed by atoms with van der Waals surface area (Å²) in [6.07, 6.45) is 2.89. The number of azide groups is 1. The van der Waals surface area contributed by atoms with Gasteiger partial charge in [0.05, 0.1) is 5.69 Å². The summed E-state index contributed by atoms with van der Waals surface area (Å²) in [7, 11) is 0. The molecule has 1 aromatic rings. The maximum Gasteiger partial charge on any atom is 0.260 e. The average molecular weight is 293 g/mol. The van der Waals surface area contributed by atoms with Crippen molar-refractivity contribution in [3.05, 3.63) is 39.2 Å². The third-order valence-electron chi connectivity index (χ3n) is 3.16. The summed E-state index contributed by atoms with van der Waals surface area (Å²) >= 11 is 5.82. The molecule has 7 heteroatoms. The van der Waals surface area contributed by atoms with E-state index in [0.717, 1.165) is 19.3 Å². The zero-order chi connectivity index (χ0) is 14.5. The van der Waals surface area contributed by atoms with Gasteiger partial charge in [-0.3, -0.25) is 14.5 Å². The van der Waals surface area contributed by atoms with E-state index in [-0.39, 0.29) is 17.2 Å². The van der Waals surface area contributed by atoms with Crippen LogP contribution in [0.5, 0.6) is 0 Å². The lowest BCUT2D eigenvalue weighted by Gasteiger charge is -2.19. The molecule has 1 aliphatic rings. The van der Waals surface area contributed by atoms with Crippen LogP contribution in [0.1, 0.15) is 36.0 Å². The minimum atomic E-state index is -0.434. The van der Waals surface area contributed by atoms with Crippen molar-refractivity contribution >= 4 is 29.1 Å². The molecular formula is C13H13ClN4O2. The van der Waals surface area contributed by atoms with E-state index in [4.69, 9.17) is 17.1 Å². The van der Waals surface area contributed by atoms with E-state index < -0.39 is 5.91 Å². The van der Waals surface area contributed by atoms with Gasteiger partial charge < -0.3 is 0 Å². The summed E-state index contributed by atoms with van der Waals surface area (Å²) in [5.41, 5.74) is 8.89. The maximum atomic E-state index is 12.4. The van der Waals surface area contributed by atoms with Crippen LogP contribution in [0, 0.1) is 0 Å². The number of hydrogen-bond donors (Lipinski definition) is 0. The number of carbonyl (C=O) groups excluding carboxylic acids is 2. The summed E-state index contributed by atoms with van der Waals surface area (Å²) in [5, 5.41) is 3.84. The highest BCUT2D eigenvalue weighted by atomic mass is 35.5. The number of carbonyl (C=O) groups is 2. The summed E-state index contributed by atoms with van der Waals surface area (Å²) in [6.45, 7) is 0.399. The third kappa shape index (κ3) is 3.10. The SMILES string of the molecule is [N-]=[N+]=Nc1cc(Cl)ccc1C(=O)N1CCCCCC1=O. The fraction of sp³-hybridized carbons (Fsp3) is 0.385. The van der Waals surface area contributed by atoms with Crippen LogP contribution in [0.3, 0.4) is 0 Å². The maximum absolute atomic E-state index is 12.4. The van der Waals surface area contributed by atoms with Crippen molar-refractivity contribution in [2.75, 3.05) is 6.54 Å². The Kier molecular flexibility index (Phi) is 4.61. The molecule has 0 spiro atoms. The van der Waals surface area contributed by atoms with E-state index in [0.29, 0.717) is 18.0 Å². The predicted octanol–water partition coefficient (Wildman–Crippen LogP) is 3.82. The fourth-order valence-corrected chi connectivity index (χ4v) is 2.33. The number of halogens is 1. The molecule has 2 amide bonds. The lowest BCUT2D eigenvalue weighted by atomic mass is 10.1. The van der Waals surface area contributed by atoms with Crippen LogP contribution in [-0.2, 0) is 4.79 Å². The smallest absolute Gasteiger partial charge is 0.260 e. The molecule has 0 radical (unpaired) electrons. The summed E-state index contributed by atoms with van der Waals surface area (Å²) in [5.74, 6) is -0.620. The first-order valence-corrected chi connectivity index (χ1v) is 6.70. The largest absolute Gasteiger partial charge is 0.279 e. The molecule has 0 bridgehead atoms. The second-order valence-corrected chi connectivity index (χ2v) is 4.95. The minimum Gasteiger partial charge on any atom is -0.279 e. The standard InChI is InChI=1S/C13H13ClN4O2/c14-9-5-6-10(11(8-9)16-17-15)13(20)18-7-3-1-2-4-12(18)19/h5-6,8H,1-4,7H2. The molecule has 0 aromatic heterocycles. The normalized spacial score (nSPS) is 15.4. The molecule has 0 N–H and O–H groups in total. The highest BCUT2D eigenvalue weighted by molar-refractivity contribution is 6.31. The Labute approximate surface area is 121 Å². The van der Waals surface area contributed by atoms with Gasteiger partial charge >= 0.3 is 0 Å². The molecular weight excluding hydrogens is 280 g/mol. The Morgan fingerprint density at radius 3 is 2.90 bits per heavy atom. The van der Waals surface area contributed by atoms with Crippen molar-refractivity contribution in [1.82, 2.24) is 4.90 Å². The number of nitrogens with zero attached hydrogens (tertiary/aromatic N) is 4. The number of likely N-dealkylation sites (tertiary alicyclic amines) is 1. The Hall–Kier alpha value is -2.04. The van der Waals surface area contributed by atoms with E-state index in [2.05, 4.69) is 10.0 Å². The van der Waals surface area contributed by atoms with Crippen LogP contribution >= 0.6 is 11.6 Å². The molecule has 2 rings (SSSR count). The lowest BCUT2D eigenvalue weighted by molar-refractivity contribution is -0.128. The van der Waals surface area contributed by atoms with Crippen LogP contribution in [0.4, 0.5) is 5.69 Å². The van der Waals surface area contributed by atoms with Crippen LogP contribution in [0.25, 0.3) is 10.4 Å². The molecule has 1 fully saturated rings. The number of benzene rings is 1.